The van der Waals surface area contributed by atoms with E-state index in [0.717, 1.165) is 29.4 Å². The van der Waals surface area contributed by atoms with E-state index >= 15 is 0 Å². The Morgan fingerprint density at radius 2 is 2.19 bits per heavy atom. The minimum atomic E-state index is -2.74. The van der Waals surface area contributed by atoms with Gasteiger partial charge in [-0.15, -0.1) is 0 Å². The summed E-state index contributed by atoms with van der Waals surface area (Å²) in [7, 11) is 0. The Kier molecular flexibility index (Phi) is 4.03. The van der Waals surface area contributed by atoms with Crippen molar-refractivity contribution in [2.75, 3.05) is 0 Å². The van der Waals surface area contributed by atoms with Gasteiger partial charge in [-0.1, -0.05) is 18.2 Å². The van der Waals surface area contributed by atoms with Crippen LogP contribution in [-0.4, -0.2) is 21.6 Å². The molecule has 0 aliphatic heterocycles. The van der Waals surface area contributed by atoms with Crippen molar-refractivity contribution >= 4 is 5.97 Å². The number of nitrogens with zero attached hydrogens (tertiary/aromatic N) is 1. The van der Waals surface area contributed by atoms with E-state index in [4.69, 9.17) is 9.52 Å². The fourth-order valence-electron chi connectivity index (χ4n) is 3.68. The summed E-state index contributed by atoms with van der Waals surface area (Å²) in [5, 5.41) is 9.15. The monoisotopic (exact) mass is 369 g/mol. The molecule has 0 saturated heterocycles. The van der Waals surface area contributed by atoms with Crippen LogP contribution in [0.4, 0.5) is 8.78 Å². The fraction of sp³-hybridized carbons (Fsp3) is 0.286. The molecule has 1 aromatic carbocycles. The van der Waals surface area contributed by atoms with Gasteiger partial charge in [-0.05, 0) is 56.0 Å². The summed E-state index contributed by atoms with van der Waals surface area (Å²) in [5.41, 5.74) is 3.16. The molecule has 1 atom stereocenters. The predicted molar refractivity (Wildman–Crippen MR) is 94.2 cm³/mol. The van der Waals surface area contributed by atoms with Crippen molar-refractivity contribution in [3.8, 4) is 17.1 Å². The highest BCUT2D eigenvalue weighted by Gasteiger charge is 2.38. The number of furan rings is 1. The predicted octanol–water partition coefficient (Wildman–Crippen LogP) is 4.80. The molecule has 0 bridgehead atoms. The second-order valence-electron chi connectivity index (χ2n) is 6.88. The second kappa shape index (κ2) is 6.27. The normalized spacial score (nSPS) is 16.6. The molecule has 1 N–H and O–H groups in total. The van der Waals surface area contributed by atoms with Gasteiger partial charge in [0.25, 0.3) is 0 Å². The van der Waals surface area contributed by atoms with Gasteiger partial charge in [0.05, 0.1) is 5.69 Å². The molecule has 4 nitrogen and oxygen atoms in total. The first-order chi connectivity index (χ1) is 12.8. The molecule has 0 saturated carbocycles. The van der Waals surface area contributed by atoms with Crippen molar-refractivity contribution < 1.29 is 23.1 Å². The minimum absolute atomic E-state index is 0.171. The first-order valence-corrected chi connectivity index (χ1v) is 8.68. The smallest absolute Gasteiger partial charge is 0.371 e. The van der Waals surface area contributed by atoms with Crippen molar-refractivity contribution in [2.24, 2.45) is 5.92 Å². The van der Waals surface area contributed by atoms with Gasteiger partial charge in [0.1, 0.15) is 0 Å². The maximum absolute atomic E-state index is 13.8. The molecule has 4 rings (SSSR count). The summed E-state index contributed by atoms with van der Waals surface area (Å²) < 4.78 is 35.0. The van der Waals surface area contributed by atoms with Crippen LogP contribution in [0.1, 0.15) is 35.2 Å². The van der Waals surface area contributed by atoms with Gasteiger partial charge in [0.2, 0.25) is 17.6 Å². The molecule has 2 heterocycles. The van der Waals surface area contributed by atoms with E-state index in [1.165, 1.54) is 6.07 Å². The highest BCUT2D eigenvalue weighted by atomic mass is 19.3. The maximum Gasteiger partial charge on any atom is 0.371 e. The van der Waals surface area contributed by atoms with Gasteiger partial charge in [0, 0.05) is 23.2 Å². The molecule has 3 aromatic rings. The van der Waals surface area contributed by atoms with Crippen LogP contribution < -0.4 is 0 Å². The van der Waals surface area contributed by atoms with Gasteiger partial charge in [-0.2, -0.15) is 0 Å². The number of rotatable bonds is 4. The zero-order valence-electron chi connectivity index (χ0n) is 14.6. The Morgan fingerprint density at radius 1 is 1.37 bits per heavy atom. The highest BCUT2D eigenvalue weighted by molar-refractivity contribution is 5.84. The minimum Gasteiger partial charge on any atom is -0.475 e. The van der Waals surface area contributed by atoms with E-state index < -0.39 is 17.8 Å². The fourth-order valence-corrected chi connectivity index (χ4v) is 3.68. The molecule has 1 aliphatic rings. The Labute approximate surface area is 155 Å². The number of alkyl halides is 2. The first kappa shape index (κ1) is 17.3. The van der Waals surface area contributed by atoms with E-state index in [1.54, 1.807) is 12.1 Å². The van der Waals surface area contributed by atoms with Crippen LogP contribution in [0.3, 0.4) is 0 Å². The molecule has 1 unspecified atom stereocenters. The maximum atomic E-state index is 13.8. The van der Waals surface area contributed by atoms with Crippen molar-refractivity contribution in [3.05, 3.63) is 65.5 Å². The van der Waals surface area contributed by atoms with Crippen LogP contribution >= 0.6 is 0 Å². The summed E-state index contributed by atoms with van der Waals surface area (Å²) in [6, 6.07) is 16.1. The third-order valence-corrected chi connectivity index (χ3v) is 5.05. The Bertz CT molecular complexity index is 983. The molecule has 0 spiro atoms. The van der Waals surface area contributed by atoms with E-state index in [-0.39, 0.29) is 12.2 Å². The molecule has 1 aliphatic carbocycles. The summed E-state index contributed by atoms with van der Waals surface area (Å²) in [6.45, 7) is 0.964. The van der Waals surface area contributed by atoms with Gasteiger partial charge < -0.3 is 9.52 Å². The number of aromatic nitrogens is 1. The lowest BCUT2D eigenvalue weighted by Crippen LogP contribution is -2.30. The molecule has 2 aromatic heterocycles. The molecule has 0 amide bonds. The van der Waals surface area contributed by atoms with Crippen molar-refractivity contribution in [1.82, 2.24) is 4.57 Å². The molecular formula is C21H17F2NO3. The van der Waals surface area contributed by atoms with Crippen LogP contribution in [0, 0.1) is 18.1 Å². The zero-order chi connectivity index (χ0) is 19.2. The van der Waals surface area contributed by atoms with Crippen molar-refractivity contribution in [2.45, 2.75) is 32.1 Å². The van der Waals surface area contributed by atoms with E-state index in [2.05, 4.69) is 12.1 Å². The van der Waals surface area contributed by atoms with Crippen LogP contribution in [0.15, 0.2) is 40.8 Å². The van der Waals surface area contributed by atoms with Crippen LogP contribution in [0.5, 0.6) is 0 Å². The lowest BCUT2D eigenvalue weighted by molar-refractivity contribution is -0.0446. The number of carboxylic acids is 1. The van der Waals surface area contributed by atoms with E-state index in [0.29, 0.717) is 18.7 Å². The Morgan fingerprint density at radius 3 is 2.81 bits per heavy atom. The molecular weight excluding hydrogens is 352 g/mol. The van der Waals surface area contributed by atoms with Gasteiger partial charge in [-0.25, -0.2) is 13.6 Å². The average Bonchev–Trinajstić information content (AvgIpc) is 3.25. The zero-order valence-corrected chi connectivity index (χ0v) is 14.6. The topological polar surface area (TPSA) is 55.4 Å². The number of carbonyl (C=O) groups is 1. The lowest BCUT2D eigenvalue weighted by Gasteiger charge is -2.28. The van der Waals surface area contributed by atoms with Crippen LogP contribution in [0.25, 0.3) is 17.1 Å². The number of aromatic carboxylic acids is 1. The Balaban J connectivity index is 1.86. The number of hydrogen-bond donors (Lipinski definition) is 1. The third kappa shape index (κ3) is 3.10. The lowest BCUT2D eigenvalue weighted by atomic mass is 9.84. The molecule has 138 valence electrons. The number of halogens is 2. The summed E-state index contributed by atoms with van der Waals surface area (Å²) in [5.74, 6) is -4.44. The molecule has 6 heteroatoms. The standard InChI is InChI=1S/C21H17F2NO3/c1-21(22,23)15-7-8-16-14(11-15)12-17(13-5-3-2-4-6-13)24(16)19-10-9-18(27-19)20(25)26/h2-3,5,9-10,12,15H,7-8,11H2,1H3,(H,25,26). The van der Waals surface area contributed by atoms with Gasteiger partial charge >= 0.3 is 5.97 Å². The number of fused-ring (bicyclic) bond motifs is 1. The molecule has 0 radical (unpaired) electrons. The highest BCUT2D eigenvalue weighted by Crippen LogP contribution is 2.40. The third-order valence-electron chi connectivity index (χ3n) is 5.05. The SMILES string of the molecule is CC(F)(F)C1CCc2c(cc(-c3c#cccc3)n2-c2ccc(C(=O)O)o2)C1. The Hall–Kier alpha value is -3.07. The second-order valence-corrected chi connectivity index (χ2v) is 6.88. The summed E-state index contributed by atoms with van der Waals surface area (Å²) in [6.07, 6.45) is 1.09. The first-order valence-electron chi connectivity index (χ1n) is 8.68. The summed E-state index contributed by atoms with van der Waals surface area (Å²) in [4.78, 5) is 11.2. The number of hydrogen-bond acceptors (Lipinski definition) is 2. The van der Waals surface area contributed by atoms with E-state index in [1.807, 2.05) is 22.8 Å². The van der Waals surface area contributed by atoms with Gasteiger partial charge in [0.15, 0.2) is 0 Å². The van der Waals surface area contributed by atoms with Crippen LogP contribution in [0.2, 0.25) is 0 Å². The van der Waals surface area contributed by atoms with Crippen molar-refractivity contribution in [3.63, 3.8) is 0 Å². The van der Waals surface area contributed by atoms with Crippen molar-refractivity contribution in [1.29, 1.82) is 0 Å². The molecule has 0 fully saturated rings. The largest absolute Gasteiger partial charge is 0.475 e. The quantitative estimate of drug-likeness (QED) is 0.719. The number of carboxylic acid groups (broad SMARTS) is 1. The summed E-state index contributed by atoms with van der Waals surface area (Å²) >= 11 is 0. The van der Waals surface area contributed by atoms with E-state index in [9.17, 15) is 13.6 Å². The molecule has 27 heavy (non-hydrogen) atoms. The van der Waals surface area contributed by atoms with Crippen LogP contribution in [-0.2, 0) is 12.8 Å². The average molecular weight is 369 g/mol. The van der Waals surface area contributed by atoms with Gasteiger partial charge in [-0.3, -0.25) is 4.57 Å².